The molecule has 0 radical (unpaired) electrons. The molecule has 19 heavy (non-hydrogen) atoms. The zero-order valence-corrected chi connectivity index (χ0v) is 11.3. The fourth-order valence-corrected chi connectivity index (χ4v) is 2.24. The first-order chi connectivity index (χ1) is 9.13. The van der Waals surface area contributed by atoms with E-state index in [2.05, 4.69) is 10.4 Å². The number of rotatable bonds is 4. The van der Waals surface area contributed by atoms with Crippen molar-refractivity contribution in [2.75, 3.05) is 0 Å². The summed E-state index contributed by atoms with van der Waals surface area (Å²) < 4.78 is 15.2. The molecule has 0 saturated heterocycles. The Balaban J connectivity index is 1.91. The van der Waals surface area contributed by atoms with Crippen molar-refractivity contribution in [2.24, 2.45) is 7.05 Å². The Hall–Kier alpha value is -1.68. The van der Waals surface area contributed by atoms with E-state index in [1.807, 2.05) is 24.0 Å². The van der Waals surface area contributed by atoms with E-state index in [9.17, 15) is 4.39 Å². The Morgan fingerprint density at radius 1 is 1.42 bits per heavy atom. The number of aromatic nitrogens is 2. The first-order valence-electron chi connectivity index (χ1n) is 6.66. The Bertz CT molecular complexity index is 599. The Morgan fingerprint density at radius 2 is 2.21 bits per heavy atom. The van der Waals surface area contributed by atoms with Gasteiger partial charge in [-0.05, 0) is 43.5 Å². The van der Waals surface area contributed by atoms with E-state index < -0.39 is 0 Å². The molecule has 3 rings (SSSR count). The van der Waals surface area contributed by atoms with Crippen LogP contribution in [0.2, 0.25) is 0 Å². The van der Waals surface area contributed by atoms with E-state index in [-0.39, 0.29) is 5.82 Å². The Labute approximate surface area is 112 Å². The third-order valence-electron chi connectivity index (χ3n) is 3.49. The summed E-state index contributed by atoms with van der Waals surface area (Å²) in [5.74, 6) is -0.169. The van der Waals surface area contributed by atoms with E-state index in [0.29, 0.717) is 11.6 Å². The minimum atomic E-state index is -0.169. The molecule has 1 saturated carbocycles. The Kier molecular flexibility index (Phi) is 3.11. The second kappa shape index (κ2) is 4.78. The zero-order valence-electron chi connectivity index (χ0n) is 11.3. The number of nitrogens with zero attached hydrogens (tertiary/aromatic N) is 2. The number of hydrogen-bond acceptors (Lipinski definition) is 2. The fourth-order valence-electron chi connectivity index (χ4n) is 2.24. The third-order valence-corrected chi connectivity index (χ3v) is 3.49. The van der Waals surface area contributed by atoms with Crippen LogP contribution in [0.15, 0.2) is 24.4 Å². The van der Waals surface area contributed by atoms with Crippen LogP contribution in [-0.4, -0.2) is 15.8 Å². The van der Waals surface area contributed by atoms with Gasteiger partial charge in [-0.15, -0.1) is 0 Å². The molecule has 1 aromatic heterocycles. The minimum absolute atomic E-state index is 0.169. The molecule has 100 valence electrons. The molecular weight excluding hydrogens is 241 g/mol. The van der Waals surface area contributed by atoms with Crippen LogP contribution in [0.4, 0.5) is 4.39 Å². The number of nitrogens with one attached hydrogen (secondary N) is 1. The average Bonchev–Trinajstić information content (AvgIpc) is 3.13. The second-order valence-corrected chi connectivity index (χ2v) is 5.30. The lowest BCUT2D eigenvalue weighted by atomic mass is 10.1. The largest absolute Gasteiger partial charge is 0.310 e. The van der Waals surface area contributed by atoms with Gasteiger partial charge in [-0.3, -0.25) is 4.68 Å². The topological polar surface area (TPSA) is 29.9 Å². The molecule has 3 nitrogen and oxygen atoms in total. The molecule has 0 aliphatic heterocycles. The van der Waals surface area contributed by atoms with Crippen LogP contribution in [0.1, 0.15) is 24.0 Å². The van der Waals surface area contributed by atoms with E-state index in [4.69, 9.17) is 0 Å². The number of aryl methyl sites for hydroxylation is 2. The summed E-state index contributed by atoms with van der Waals surface area (Å²) in [7, 11) is 1.92. The SMILES string of the molecule is Cc1cc(-c2nn(C)cc2CNC2CC2)ccc1F. The van der Waals surface area contributed by atoms with Gasteiger partial charge in [-0.2, -0.15) is 5.10 Å². The maximum absolute atomic E-state index is 13.3. The molecule has 0 amide bonds. The van der Waals surface area contributed by atoms with Crippen LogP contribution >= 0.6 is 0 Å². The first-order valence-corrected chi connectivity index (χ1v) is 6.66. The second-order valence-electron chi connectivity index (χ2n) is 5.30. The van der Waals surface area contributed by atoms with Crippen molar-refractivity contribution in [3.8, 4) is 11.3 Å². The number of halogens is 1. The van der Waals surface area contributed by atoms with E-state index in [1.165, 1.54) is 24.5 Å². The monoisotopic (exact) mass is 259 g/mol. The smallest absolute Gasteiger partial charge is 0.126 e. The Morgan fingerprint density at radius 3 is 2.89 bits per heavy atom. The highest BCUT2D eigenvalue weighted by Gasteiger charge is 2.21. The van der Waals surface area contributed by atoms with Crippen LogP contribution in [-0.2, 0) is 13.6 Å². The molecule has 1 aliphatic rings. The summed E-state index contributed by atoms with van der Waals surface area (Å²) in [4.78, 5) is 0. The van der Waals surface area contributed by atoms with Crippen molar-refractivity contribution in [2.45, 2.75) is 32.4 Å². The molecule has 2 aromatic rings. The molecule has 0 unspecified atom stereocenters. The summed E-state index contributed by atoms with van der Waals surface area (Å²) in [6.45, 7) is 2.61. The minimum Gasteiger partial charge on any atom is -0.310 e. The summed E-state index contributed by atoms with van der Waals surface area (Å²) in [6, 6.07) is 5.84. The lowest BCUT2D eigenvalue weighted by Crippen LogP contribution is -2.15. The fraction of sp³-hybridized carbons (Fsp3) is 0.400. The van der Waals surface area contributed by atoms with Crippen LogP contribution in [0.25, 0.3) is 11.3 Å². The predicted molar refractivity (Wildman–Crippen MR) is 73.2 cm³/mol. The average molecular weight is 259 g/mol. The van der Waals surface area contributed by atoms with Crippen molar-refractivity contribution in [3.05, 3.63) is 41.3 Å². The van der Waals surface area contributed by atoms with Crippen molar-refractivity contribution in [3.63, 3.8) is 0 Å². The van der Waals surface area contributed by atoms with Crippen molar-refractivity contribution in [1.82, 2.24) is 15.1 Å². The van der Waals surface area contributed by atoms with Crippen molar-refractivity contribution >= 4 is 0 Å². The molecule has 1 aliphatic carbocycles. The molecule has 0 atom stereocenters. The maximum atomic E-state index is 13.3. The van der Waals surface area contributed by atoms with E-state index >= 15 is 0 Å². The molecule has 1 aromatic carbocycles. The van der Waals surface area contributed by atoms with Gasteiger partial charge in [0.15, 0.2) is 0 Å². The highest BCUT2D eigenvalue weighted by molar-refractivity contribution is 5.63. The summed E-state index contributed by atoms with van der Waals surface area (Å²) in [5.41, 5.74) is 3.75. The molecule has 0 spiro atoms. The quantitative estimate of drug-likeness (QED) is 0.915. The normalized spacial score (nSPS) is 14.9. The molecule has 1 N–H and O–H groups in total. The molecule has 4 heteroatoms. The van der Waals surface area contributed by atoms with Crippen molar-refractivity contribution in [1.29, 1.82) is 0 Å². The van der Waals surface area contributed by atoms with E-state index in [0.717, 1.165) is 17.8 Å². The predicted octanol–water partition coefficient (Wildman–Crippen LogP) is 2.79. The molecular formula is C15H18FN3. The number of benzene rings is 1. The van der Waals surface area contributed by atoms with Crippen molar-refractivity contribution < 1.29 is 4.39 Å². The van der Waals surface area contributed by atoms with Gasteiger partial charge >= 0.3 is 0 Å². The highest BCUT2D eigenvalue weighted by Crippen LogP contribution is 2.25. The van der Waals surface area contributed by atoms with E-state index in [1.54, 1.807) is 13.0 Å². The first kappa shape index (κ1) is 12.4. The standard InChI is InChI=1S/C15H18FN3/c1-10-7-11(3-6-14(10)16)15-12(9-19(2)18-15)8-17-13-4-5-13/h3,6-7,9,13,17H,4-5,8H2,1-2H3. The van der Waals surface area contributed by atoms with Crippen LogP contribution in [0.3, 0.4) is 0 Å². The molecule has 1 fully saturated rings. The van der Waals surface area contributed by atoms with Gasteiger partial charge < -0.3 is 5.32 Å². The van der Waals surface area contributed by atoms with Crippen LogP contribution in [0.5, 0.6) is 0 Å². The van der Waals surface area contributed by atoms with Gasteiger partial charge in [0.05, 0.1) is 5.69 Å². The van der Waals surface area contributed by atoms with Gasteiger partial charge in [0.25, 0.3) is 0 Å². The summed E-state index contributed by atoms with van der Waals surface area (Å²) >= 11 is 0. The van der Waals surface area contributed by atoms with Crippen LogP contribution in [0, 0.1) is 12.7 Å². The molecule has 0 bridgehead atoms. The van der Waals surface area contributed by atoms with Gasteiger partial charge in [0, 0.05) is 37.0 Å². The highest BCUT2D eigenvalue weighted by atomic mass is 19.1. The lowest BCUT2D eigenvalue weighted by molar-refractivity contribution is 0.618. The zero-order chi connectivity index (χ0) is 13.4. The van der Waals surface area contributed by atoms with Gasteiger partial charge in [-0.1, -0.05) is 0 Å². The third kappa shape index (κ3) is 2.68. The molecule has 1 heterocycles. The van der Waals surface area contributed by atoms with Gasteiger partial charge in [0.2, 0.25) is 0 Å². The maximum Gasteiger partial charge on any atom is 0.126 e. The number of hydrogen-bond donors (Lipinski definition) is 1. The van der Waals surface area contributed by atoms with Gasteiger partial charge in [-0.25, -0.2) is 4.39 Å². The van der Waals surface area contributed by atoms with Gasteiger partial charge in [0.1, 0.15) is 5.82 Å². The summed E-state index contributed by atoms with van der Waals surface area (Å²) in [6.07, 6.45) is 4.57. The van der Waals surface area contributed by atoms with Crippen LogP contribution < -0.4 is 5.32 Å². The lowest BCUT2D eigenvalue weighted by Gasteiger charge is -2.05. The summed E-state index contributed by atoms with van der Waals surface area (Å²) in [5, 5.41) is 8.00.